The van der Waals surface area contributed by atoms with E-state index in [2.05, 4.69) is 15.0 Å². The predicted molar refractivity (Wildman–Crippen MR) is 94.4 cm³/mol. The van der Waals surface area contributed by atoms with E-state index in [4.69, 9.17) is 28.9 Å². The van der Waals surface area contributed by atoms with Gasteiger partial charge < -0.3 is 5.73 Å². The van der Waals surface area contributed by atoms with Gasteiger partial charge in [-0.2, -0.15) is 0 Å². The predicted octanol–water partition coefficient (Wildman–Crippen LogP) is 5.18. The molecular weight excluding hydrogens is 339 g/mol. The van der Waals surface area contributed by atoms with E-state index in [1.54, 1.807) is 12.3 Å². The smallest absolute Gasteiger partial charge is 0.222 e. The number of hydrogen-bond acceptors (Lipinski definition) is 5. The molecule has 2 N–H and O–H groups in total. The molecule has 0 spiro atoms. The molecule has 0 amide bonds. The van der Waals surface area contributed by atoms with E-state index < -0.39 is 0 Å². The molecule has 0 saturated heterocycles. The van der Waals surface area contributed by atoms with E-state index in [1.165, 1.54) is 11.3 Å². The molecule has 0 atom stereocenters. The van der Waals surface area contributed by atoms with Gasteiger partial charge in [0, 0.05) is 16.8 Å². The molecule has 3 rings (SSSR count). The van der Waals surface area contributed by atoms with Gasteiger partial charge in [-0.05, 0) is 29.8 Å². The van der Waals surface area contributed by atoms with Gasteiger partial charge in [-0.25, -0.2) is 15.0 Å². The standard InChI is InChI=1S/C13H8Cl2N4S.C2H6/c14-8-3-1-2-7(6-8)10-11(20-13(16)19-10)9-4-5-17-12(15)18-9;1-2/h1-6H,(H2,16,19);1-2H3. The Morgan fingerprint density at radius 1 is 1.09 bits per heavy atom. The third-order valence-electron chi connectivity index (χ3n) is 2.60. The maximum absolute atomic E-state index is 6.02. The number of nitrogens with two attached hydrogens (primary N) is 1. The Morgan fingerprint density at radius 2 is 1.86 bits per heavy atom. The molecule has 0 saturated carbocycles. The van der Waals surface area contributed by atoms with Gasteiger partial charge in [0.15, 0.2) is 5.13 Å². The molecule has 0 radical (unpaired) electrons. The van der Waals surface area contributed by atoms with Crippen LogP contribution in [-0.4, -0.2) is 15.0 Å². The van der Waals surface area contributed by atoms with Crippen molar-refractivity contribution < 1.29 is 0 Å². The molecule has 0 aliphatic rings. The average molecular weight is 353 g/mol. The third kappa shape index (κ3) is 3.74. The molecular formula is C15H14Cl2N4S. The van der Waals surface area contributed by atoms with Crippen molar-refractivity contribution in [3.05, 3.63) is 46.8 Å². The van der Waals surface area contributed by atoms with Crippen molar-refractivity contribution in [3.63, 3.8) is 0 Å². The Morgan fingerprint density at radius 3 is 2.55 bits per heavy atom. The van der Waals surface area contributed by atoms with Gasteiger partial charge in [-0.3, -0.25) is 0 Å². The van der Waals surface area contributed by atoms with E-state index >= 15 is 0 Å². The fourth-order valence-corrected chi connectivity index (χ4v) is 2.97. The van der Waals surface area contributed by atoms with Crippen LogP contribution in [0.5, 0.6) is 0 Å². The van der Waals surface area contributed by atoms with Crippen molar-refractivity contribution in [2.45, 2.75) is 13.8 Å². The lowest BCUT2D eigenvalue weighted by Crippen LogP contribution is -1.87. The molecule has 0 unspecified atom stereocenters. The highest BCUT2D eigenvalue weighted by Crippen LogP contribution is 2.37. The summed E-state index contributed by atoms with van der Waals surface area (Å²) in [7, 11) is 0. The summed E-state index contributed by atoms with van der Waals surface area (Å²) in [5.74, 6) is 0. The van der Waals surface area contributed by atoms with Gasteiger partial charge in [0.1, 0.15) is 0 Å². The number of halogens is 2. The van der Waals surface area contributed by atoms with Crippen LogP contribution in [0.15, 0.2) is 36.5 Å². The highest BCUT2D eigenvalue weighted by molar-refractivity contribution is 7.19. The minimum absolute atomic E-state index is 0.187. The molecule has 0 fully saturated rings. The number of rotatable bonds is 2. The summed E-state index contributed by atoms with van der Waals surface area (Å²) in [5.41, 5.74) is 8.14. The van der Waals surface area contributed by atoms with Crippen LogP contribution in [0.1, 0.15) is 13.8 Å². The van der Waals surface area contributed by atoms with Gasteiger partial charge in [0.2, 0.25) is 5.28 Å². The van der Waals surface area contributed by atoms with Crippen LogP contribution in [0.3, 0.4) is 0 Å². The Hall–Kier alpha value is -1.69. The zero-order valence-corrected chi connectivity index (χ0v) is 14.4. The number of nitrogen functional groups attached to an aromatic ring is 1. The van der Waals surface area contributed by atoms with E-state index in [1.807, 2.05) is 38.1 Å². The van der Waals surface area contributed by atoms with Crippen molar-refractivity contribution in [1.29, 1.82) is 0 Å². The summed E-state index contributed by atoms with van der Waals surface area (Å²) < 4.78 is 0. The monoisotopic (exact) mass is 352 g/mol. The minimum atomic E-state index is 0.187. The van der Waals surface area contributed by atoms with E-state index in [-0.39, 0.29) is 5.28 Å². The lowest BCUT2D eigenvalue weighted by atomic mass is 10.1. The first-order chi connectivity index (χ1) is 10.6. The second-order valence-corrected chi connectivity index (χ2v) is 5.76. The van der Waals surface area contributed by atoms with Gasteiger partial charge in [0.05, 0.1) is 16.3 Å². The molecule has 3 aromatic rings. The molecule has 2 aromatic heterocycles. The topological polar surface area (TPSA) is 64.7 Å². The van der Waals surface area contributed by atoms with Crippen LogP contribution >= 0.6 is 34.5 Å². The third-order valence-corrected chi connectivity index (χ3v) is 3.92. The number of aromatic nitrogens is 3. The first-order valence-corrected chi connectivity index (χ1v) is 8.22. The van der Waals surface area contributed by atoms with Gasteiger partial charge >= 0.3 is 0 Å². The van der Waals surface area contributed by atoms with Gasteiger partial charge in [-0.1, -0.05) is 48.9 Å². The second-order valence-electron chi connectivity index (χ2n) is 3.95. The Kier molecular flexibility index (Phi) is 5.71. The van der Waals surface area contributed by atoms with Crippen LogP contribution in [0.4, 0.5) is 5.13 Å². The first-order valence-electron chi connectivity index (χ1n) is 6.64. The van der Waals surface area contributed by atoms with E-state index in [0.717, 1.165) is 16.1 Å². The quantitative estimate of drug-likeness (QED) is 0.645. The van der Waals surface area contributed by atoms with Crippen LogP contribution in [0.2, 0.25) is 10.3 Å². The Bertz CT molecular complexity index is 711. The molecule has 0 aliphatic heterocycles. The van der Waals surface area contributed by atoms with Crippen molar-refractivity contribution in [2.75, 3.05) is 5.73 Å². The SMILES string of the molecule is CC.Nc1nc(-c2cccc(Cl)c2)c(-c2ccnc(Cl)n2)s1. The van der Waals surface area contributed by atoms with E-state index in [0.29, 0.717) is 15.8 Å². The van der Waals surface area contributed by atoms with Crippen molar-refractivity contribution in [1.82, 2.24) is 15.0 Å². The normalized spacial score (nSPS) is 10.0. The lowest BCUT2D eigenvalue weighted by molar-refractivity contribution is 1.18. The number of anilines is 1. The van der Waals surface area contributed by atoms with E-state index in [9.17, 15) is 0 Å². The summed E-state index contributed by atoms with van der Waals surface area (Å²) in [6.07, 6.45) is 1.60. The highest BCUT2D eigenvalue weighted by Gasteiger charge is 2.15. The maximum atomic E-state index is 6.02. The fourth-order valence-electron chi connectivity index (χ4n) is 1.80. The fraction of sp³-hybridized carbons (Fsp3) is 0.133. The molecule has 114 valence electrons. The average Bonchev–Trinajstić information content (AvgIpc) is 2.91. The number of nitrogens with zero attached hydrogens (tertiary/aromatic N) is 3. The summed E-state index contributed by atoms with van der Waals surface area (Å²) in [5, 5.41) is 1.29. The Labute approximate surface area is 143 Å². The van der Waals surface area contributed by atoms with Crippen molar-refractivity contribution >= 4 is 39.7 Å². The lowest BCUT2D eigenvalue weighted by Gasteiger charge is -2.02. The van der Waals surface area contributed by atoms with Crippen LogP contribution < -0.4 is 5.73 Å². The molecule has 0 bridgehead atoms. The Balaban J connectivity index is 0.000000847. The highest BCUT2D eigenvalue weighted by atomic mass is 35.5. The largest absolute Gasteiger partial charge is 0.375 e. The maximum Gasteiger partial charge on any atom is 0.222 e. The number of thiazole rings is 1. The van der Waals surface area contributed by atoms with Crippen LogP contribution in [0.25, 0.3) is 21.8 Å². The molecule has 22 heavy (non-hydrogen) atoms. The molecule has 1 aromatic carbocycles. The van der Waals surface area contributed by atoms with Gasteiger partial charge in [0.25, 0.3) is 0 Å². The molecule has 7 heteroatoms. The van der Waals surface area contributed by atoms with Crippen molar-refractivity contribution in [2.24, 2.45) is 0 Å². The minimum Gasteiger partial charge on any atom is -0.375 e. The molecule has 0 aliphatic carbocycles. The molecule has 4 nitrogen and oxygen atoms in total. The summed E-state index contributed by atoms with van der Waals surface area (Å²) >= 11 is 13.2. The van der Waals surface area contributed by atoms with Crippen LogP contribution in [0, 0.1) is 0 Å². The zero-order chi connectivity index (χ0) is 16.1. The number of benzene rings is 1. The molecule has 2 heterocycles. The first kappa shape index (κ1) is 16.7. The number of hydrogen-bond donors (Lipinski definition) is 1. The summed E-state index contributed by atoms with van der Waals surface area (Å²) in [4.78, 5) is 13.3. The second kappa shape index (κ2) is 7.54. The summed E-state index contributed by atoms with van der Waals surface area (Å²) in [6, 6.07) is 9.20. The van der Waals surface area contributed by atoms with Gasteiger partial charge in [-0.15, -0.1) is 0 Å². The zero-order valence-electron chi connectivity index (χ0n) is 12.0. The summed E-state index contributed by atoms with van der Waals surface area (Å²) in [6.45, 7) is 4.00. The van der Waals surface area contributed by atoms with Crippen LogP contribution in [-0.2, 0) is 0 Å². The van der Waals surface area contributed by atoms with Crippen molar-refractivity contribution in [3.8, 4) is 21.8 Å².